The Morgan fingerprint density at radius 3 is 2.50 bits per heavy atom. The average molecular weight is 188 g/mol. The molecule has 2 nitrogen and oxygen atoms in total. The zero-order valence-corrected chi connectivity index (χ0v) is 8.47. The summed E-state index contributed by atoms with van der Waals surface area (Å²) < 4.78 is 0. The predicted octanol–water partition coefficient (Wildman–Crippen LogP) is 2.34. The van der Waals surface area contributed by atoms with Crippen molar-refractivity contribution in [3.63, 3.8) is 0 Å². The van der Waals surface area contributed by atoms with Crippen LogP contribution in [0, 0.1) is 6.54 Å². The van der Waals surface area contributed by atoms with Gasteiger partial charge >= 0.3 is 0 Å². The van der Waals surface area contributed by atoms with Gasteiger partial charge in [0, 0.05) is 14.0 Å². The lowest BCUT2D eigenvalue weighted by Gasteiger charge is -2.09. The highest BCUT2D eigenvalue weighted by atomic mass is 16.2. The van der Waals surface area contributed by atoms with Crippen LogP contribution in [-0.2, 0) is 4.79 Å². The van der Waals surface area contributed by atoms with Crippen molar-refractivity contribution in [2.75, 3.05) is 7.05 Å². The molecule has 0 unspecified atom stereocenters. The van der Waals surface area contributed by atoms with Gasteiger partial charge in [-0.1, -0.05) is 42.5 Å². The number of benzene rings is 1. The second-order valence-corrected chi connectivity index (χ2v) is 3.05. The third-order valence-corrected chi connectivity index (χ3v) is 1.89. The van der Waals surface area contributed by atoms with Crippen LogP contribution in [0.15, 0.2) is 36.4 Å². The van der Waals surface area contributed by atoms with Crippen molar-refractivity contribution >= 4 is 12.0 Å². The highest BCUT2D eigenvalue weighted by Crippen LogP contribution is 2.02. The summed E-state index contributed by atoms with van der Waals surface area (Å²) >= 11 is 0. The molecule has 1 rings (SSSR count). The van der Waals surface area contributed by atoms with Crippen LogP contribution in [0.1, 0.15) is 12.5 Å². The van der Waals surface area contributed by atoms with Crippen LogP contribution in [0.3, 0.4) is 0 Å². The smallest absolute Gasteiger partial charge is 0.219 e. The van der Waals surface area contributed by atoms with Crippen molar-refractivity contribution in [2.24, 2.45) is 0 Å². The third kappa shape index (κ3) is 3.44. The maximum Gasteiger partial charge on any atom is 0.219 e. The molecule has 0 saturated heterocycles. The van der Waals surface area contributed by atoms with Gasteiger partial charge in [-0.05, 0) is 5.56 Å². The maximum absolute atomic E-state index is 10.8. The van der Waals surface area contributed by atoms with Crippen LogP contribution in [-0.4, -0.2) is 17.9 Å². The molecule has 0 aliphatic rings. The number of nitrogens with zero attached hydrogens (tertiary/aromatic N) is 1. The van der Waals surface area contributed by atoms with E-state index < -0.39 is 0 Å². The van der Waals surface area contributed by atoms with E-state index in [0.29, 0.717) is 0 Å². The minimum atomic E-state index is 0.0303. The summed E-state index contributed by atoms with van der Waals surface area (Å²) in [7, 11) is 1.73. The molecule has 0 atom stereocenters. The maximum atomic E-state index is 10.8. The topological polar surface area (TPSA) is 20.3 Å². The van der Waals surface area contributed by atoms with E-state index in [1.165, 1.54) is 6.92 Å². The van der Waals surface area contributed by atoms with Crippen LogP contribution in [0.2, 0.25) is 0 Å². The monoisotopic (exact) mass is 188 g/mol. The first kappa shape index (κ1) is 10.5. The van der Waals surface area contributed by atoms with Gasteiger partial charge in [0.1, 0.15) is 0 Å². The highest BCUT2D eigenvalue weighted by molar-refractivity contribution is 5.74. The molecule has 1 radical (unpaired) electrons. The van der Waals surface area contributed by atoms with Gasteiger partial charge in [-0.3, -0.25) is 4.79 Å². The van der Waals surface area contributed by atoms with E-state index in [1.54, 1.807) is 18.5 Å². The molecule has 0 spiro atoms. The molecular weight excluding hydrogens is 174 g/mol. The SMILES string of the molecule is CC(=O)N(C)[CH]/C=C/c1ccccc1. The van der Waals surface area contributed by atoms with E-state index in [0.717, 1.165) is 5.56 Å². The van der Waals surface area contributed by atoms with E-state index in [4.69, 9.17) is 0 Å². The Hall–Kier alpha value is -1.57. The first-order chi connectivity index (χ1) is 6.70. The lowest BCUT2D eigenvalue weighted by atomic mass is 10.2. The fourth-order valence-electron chi connectivity index (χ4n) is 0.952. The predicted molar refractivity (Wildman–Crippen MR) is 58.2 cm³/mol. The lowest BCUT2D eigenvalue weighted by molar-refractivity contribution is -0.125. The van der Waals surface area contributed by atoms with Crippen molar-refractivity contribution in [2.45, 2.75) is 6.92 Å². The van der Waals surface area contributed by atoms with Gasteiger partial charge in [-0.25, -0.2) is 0 Å². The van der Waals surface area contributed by atoms with Gasteiger partial charge in [0.15, 0.2) is 0 Å². The van der Waals surface area contributed by atoms with E-state index in [1.807, 2.05) is 42.5 Å². The first-order valence-corrected chi connectivity index (χ1v) is 4.50. The molecule has 0 fully saturated rings. The summed E-state index contributed by atoms with van der Waals surface area (Å²) in [5, 5.41) is 0. The Bertz CT molecular complexity index is 316. The molecule has 2 heteroatoms. The lowest BCUT2D eigenvalue weighted by Crippen LogP contribution is -2.19. The number of likely N-dealkylation sites (N-methyl/N-ethyl adjacent to an activating group) is 1. The Morgan fingerprint density at radius 1 is 1.29 bits per heavy atom. The van der Waals surface area contributed by atoms with Gasteiger partial charge < -0.3 is 4.90 Å². The van der Waals surface area contributed by atoms with Gasteiger partial charge in [0.25, 0.3) is 0 Å². The average Bonchev–Trinajstić information content (AvgIpc) is 2.19. The Morgan fingerprint density at radius 2 is 1.93 bits per heavy atom. The number of rotatable bonds is 3. The van der Waals surface area contributed by atoms with Gasteiger partial charge in [-0.15, -0.1) is 0 Å². The van der Waals surface area contributed by atoms with Crippen molar-refractivity contribution in [1.29, 1.82) is 0 Å². The fourth-order valence-corrected chi connectivity index (χ4v) is 0.952. The summed E-state index contributed by atoms with van der Waals surface area (Å²) in [6.45, 7) is 3.28. The molecule has 0 bridgehead atoms. The molecule has 1 aromatic carbocycles. The molecule has 14 heavy (non-hydrogen) atoms. The van der Waals surface area contributed by atoms with Crippen molar-refractivity contribution < 1.29 is 4.79 Å². The Labute approximate surface area is 84.9 Å². The second kappa shape index (κ2) is 5.22. The molecule has 0 aliphatic heterocycles. The van der Waals surface area contributed by atoms with E-state index in [2.05, 4.69) is 0 Å². The highest BCUT2D eigenvalue weighted by Gasteiger charge is 1.97. The van der Waals surface area contributed by atoms with Crippen LogP contribution in [0.4, 0.5) is 0 Å². The Kier molecular flexibility index (Phi) is 3.92. The Balaban J connectivity index is 2.46. The van der Waals surface area contributed by atoms with Crippen LogP contribution in [0.5, 0.6) is 0 Å². The zero-order valence-electron chi connectivity index (χ0n) is 8.47. The summed E-state index contributed by atoms with van der Waals surface area (Å²) in [4.78, 5) is 12.4. The van der Waals surface area contributed by atoms with Gasteiger partial charge in [0.2, 0.25) is 5.91 Å². The first-order valence-electron chi connectivity index (χ1n) is 4.50. The summed E-state index contributed by atoms with van der Waals surface area (Å²) in [5.74, 6) is 0.0303. The number of amides is 1. The number of hydrogen-bond acceptors (Lipinski definition) is 1. The van der Waals surface area contributed by atoms with Gasteiger partial charge in [0.05, 0.1) is 6.54 Å². The van der Waals surface area contributed by atoms with Crippen molar-refractivity contribution in [3.05, 3.63) is 48.5 Å². The molecule has 0 aromatic heterocycles. The molecule has 73 valence electrons. The number of hydrogen-bond donors (Lipinski definition) is 0. The normalized spacial score (nSPS) is 10.4. The fraction of sp³-hybridized carbons (Fsp3) is 0.167. The quantitative estimate of drug-likeness (QED) is 0.713. The molecular formula is C12H14NO. The summed E-state index contributed by atoms with van der Waals surface area (Å²) in [6.07, 6.45) is 3.82. The molecule has 0 saturated carbocycles. The third-order valence-electron chi connectivity index (χ3n) is 1.89. The second-order valence-electron chi connectivity index (χ2n) is 3.05. The molecule has 0 heterocycles. The number of carbonyl (C=O) groups excluding carboxylic acids is 1. The minimum absolute atomic E-state index is 0.0303. The number of carbonyl (C=O) groups is 1. The zero-order chi connectivity index (χ0) is 10.4. The van der Waals surface area contributed by atoms with E-state index >= 15 is 0 Å². The summed E-state index contributed by atoms with van der Waals surface area (Å²) in [5.41, 5.74) is 1.13. The standard InChI is InChI=1S/C12H14NO/c1-11(14)13(2)10-6-9-12-7-4-3-5-8-12/h3-10H,1-2H3/b9-6+. The largest absolute Gasteiger partial charge is 0.337 e. The molecule has 1 aromatic rings. The molecule has 1 amide bonds. The summed E-state index contributed by atoms with van der Waals surface area (Å²) in [6, 6.07) is 9.96. The van der Waals surface area contributed by atoms with E-state index in [9.17, 15) is 4.79 Å². The van der Waals surface area contributed by atoms with Crippen molar-refractivity contribution in [3.8, 4) is 0 Å². The van der Waals surface area contributed by atoms with Crippen LogP contribution < -0.4 is 0 Å². The molecule has 0 aliphatic carbocycles. The van der Waals surface area contributed by atoms with Crippen molar-refractivity contribution in [1.82, 2.24) is 4.90 Å². The van der Waals surface area contributed by atoms with E-state index in [-0.39, 0.29) is 5.91 Å². The van der Waals surface area contributed by atoms with Crippen LogP contribution in [0.25, 0.3) is 6.08 Å². The minimum Gasteiger partial charge on any atom is -0.337 e. The van der Waals surface area contributed by atoms with Crippen LogP contribution >= 0.6 is 0 Å². The molecule has 0 N–H and O–H groups in total. The van der Waals surface area contributed by atoms with Gasteiger partial charge in [-0.2, -0.15) is 0 Å².